The van der Waals surface area contributed by atoms with Crippen LogP contribution in [0, 0.1) is 5.41 Å². The molecule has 0 saturated heterocycles. The molecular formula is C19H27N3O3. The predicted octanol–water partition coefficient (Wildman–Crippen LogP) is 0.976. The minimum Gasteiger partial charge on any atom is -0.396 e. The smallest absolute Gasteiger partial charge is 0.330 e. The number of aromatic nitrogens is 2. The van der Waals surface area contributed by atoms with E-state index in [1.165, 1.54) is 11.6 Å². The van der Waals surface area contributed by atoms with Crippen molar-refractivity contribution in [3.05, 3.63) is 68.5 Å². The number of hydrogen-bond acceptors (Lipinski definition) is 4. The van der Waals surface area contributed by atoms with Crippen LogP contribution < -0.4 is 16.6 Å². The Morgan fingerprint density at radius 1 is 1.16 bits per heavy atom. The van der Waals surface area contributed by atoms with Crippen molar-refractivity contribution in [3.8, 4) is 0 Å². The fraction of sp³-hybridized carbons (Fsp3) is 0.474. The molecule has 1 aromatic heterocycles. The number of benzene rings is 1. The number of aliphatic hydroxyl groups excluding tert-OH is 1. The van der Waals surface area contributed by atoms with Crippen molar-refractivity contribution >= 4 is 0 Å². The lowest BCUT2D eigenvalue weighted by Gasteiger charge is -2.33. The van der Waals surface area contributed by atoms with E-state index >= 15 is 0 Å². The standard InChI is InChI=1S/C19H27N3O3/c1-19(2,13-23)16(14-8-6-5-7-9-14)11-20-10-15-12-21(3)18(25)22(4)17(15)24/h5-9,12,16,20,23H,10-11,13H2,1-4H3. The van der Waals surface area contributed by atoms with Gasteiger partial charge in [0.1, 0.15) is 0 Å². The Morgan fingerprint density at radius 3 is 2.40 bits per heavy atom. The molecule has 1 heterocycles. The molecule has 136 valence electrons. The van der Waals surface area contributed by atoms with Gasteiger partial charge in [-0.05, 0) is 11.0 Å². The highest BCUT2D eigenvalue weighted by Gasteiger charge is 2.29. The third kappa shape index (κ3) is 4.27. The molecule has 0 fully saturated rings. The van der Waals surface area contributed by atoms with Crippen molar-refractivity contribution in [3.63, 3.8) is 0 Å². The lowest BCUT2D eigenvalue weighted by atomic mass is 9.75. The summed E-state index contributed by atoms with van der Waals surface area (Å²) < 4.78 is 2.52. The normalized spacial score (nSPS) is 13.0. The van der Waals surface area contributed by atoms with Gasteiger partial charge in [-0.15, -0.1) is 0 Å². The van der Waals surface area contributed by atoms with Gasteiger partial charge in [-0.2, -0.15) is 0 Å². The van der Waals surface area contributed by atoms with E-state index in [-0.39, 0.29) is 29.2 Å². The summed E-state index contributed by atoms with van der Waals surface area (Å²) in [6.07, 6.45) is 1.58. The molecule has 0 aliphatic carbocycles. The van der Waals surface area contributed by atoms with Crippen molar-refractivity contribution in [2.75, 3.05) is 13.2 Å². The van der Waals surface area contributed by atoms with E-state index in [1.807, 2.05) is 32.0 Å². The first-order chi connectivity index (χ1) is 11.8. The largest absolute Gasteiger partial charge is 0.396 e. The lowest BCUT2D eigenvalue weighted by Crippen LogP contribution is -2.40. The molecule has 6 heteroatoms. The van der Waals surface area contributed by atoms with E-state index in [0.717, 1.165) is 10.1 Å². The topological polar surface area (TPSA) is 76.3 Å². The maximum absolute atomic E-state index is 12.2. The molecule has 0 amide bonds. The molecule has 1 aromatic carbocycles. The first-order valence-electron chi connectivity index (χ1n) is 8.40. The van der Waals surface area contributed by atoms with E-state index in [9.17, 15) is 14.7 Å². The number of aliphatic hydroxyl groups is 1. The van der Waals surface area contributed by atoms with Crippen LogP contribution in [-0.2, 0) is 20.6 Å². The highest BCUT2D eigenvalue weighted by molar-refractivity contribution is 5.22. The third-order valence-corrected chi connectivity index (χ3v) is 4.73. The van der Waals surface area contributed by atoms with Crippen molar-refractivity contribution in [2.24, 2.45) is 19.5 Å². The highest BCUT2D eigenvalue weighted by atomic mass is 16.3. The van der Waals surface area contributed by atoms with E-state index in [4.69, 9.17) is 0 Å². The van der Waals surface area contributed by atoms with Gasteiger partial charge in [0.05, 0.1) is 0 Å². The first-order valence-corrected chi connectivity index (χ1v) is 8.40. The van der Waals surface area contributed by atoms with Gasteiger partial charge < -0.3 is 15.0 Å². The Bertz CT molecular complexity index is 822. The molecule has 0 aliphatic rings. The van der Waals surface area contributed by atoms with E-state index < -0.39 is 0 Å². The van der Waals surface area contributed by atoms with Crippen LogP contribution in [0.25, 0.3) is 0 Å². The van der Waals surface area contributed by atoms with Crippen molar-refractivity contribution in [1.82, 2.24) is 14.5 Å². The maximum Gasteiger partial charge on any atom is 0.330 e. The van der Waals surface area contributed by atoms with Gasteiger partial charge >= 0.3 is 5.69 Å². The molecule has 1 atom stereocenters. The van der Waals surface area contributed by atoms with Gasteiger partial charge in [-0.1, -0.05) is 44.2 Å². The summed E-state index contributed by atoms with van der Waals surface area (Å²) in [6, 6.07) is 10.0. The van der Waals surface area contributed by atoms with Crippen LogP contribution in [0.5, 0.6) is 0 Å². The average Bonchev–Trinajstić information content (AvgIpc) is 2.61. The minimum atomic E-state index is -0.336. The Labute approximate surface area is 147 Å². The first kappa shape index (κ1) is 19.1. The second kappa shape index (κ2) is 7.80. The molecule has 0 spiro atoms. The highest BCUT2D eigenvalue weighted by Crippen LogP contribution is 2.34. The van der Waals surface area contributed by atoms with Gasteiger partial charge in [-0.25, -0.2) is 4.79 Å². The second-order valence-electron chi connectivity index (χ2n) is 7.15. The SMILES string of the molecule is Cn1cc(CNCC(c2ccccc2)C(C)(C)CO)c(=O)n(C)c1=O. The van der Waals surface area contributed by atoms with Crippen molar-refractivity contribution in [2.45, 2.75) is 26.3 Å². The van der Waals surface area contributed by atoms with Gasteiger partial charge in [0.2, 0.25) is 0 Å². The number of nitrogens with one attached hydrogen (secondary N) is 1. The molecule has 0 radical (unpaired) electrons. The summed E-state index contributed by atoms with van der Waals surface area (Å²) in [5.74, 6) is 0.0927. The summed E-state index contributed by atoms with van der Waals surface area (Å²) >= 11 is 0. The van der Waals surface area contributed by atoms with Crippen LogP contribution in [-0.4, -0.2) is 27.4 Å². The molecule has 1 unspecified atom stereocenters. The number of aryl methyl sites for hydroxylation is 1. The van der Waals surface area contributed by atoms with E-state index in [1.54, 1.807) is 13.2 Å². The summed E-state index contributed by atoms with van der Waals surface area (Å²) in [7, 11) is 3.11. The number of rotatable bonds is 7. The zero-order valence-corrected chi connectivity index (χ0v) is 15.3. The molecular weight excluding hydrogens is 318 g/mol. The van der Waals surface area contributed by atoms with Crippen LogP contribution in [0.15, 0.2) is 46.1 Å². The average molecular weight is 345 g/mol. The summed E-state index contributed by atoms with van der Waals surface area (Å²) in [5.41, 5.74) is 0.759. The lowest BCUT2D eigenvalue weighted by molar-refractivity contribution is 0.129. The molecule has 6 nitrogen and oxygen atoms in total. The summed E-state index contributed by atoms with van der Waals surface area (Å²) in [5, 5.41) is 13.1. The quantitative estimate of drug-likeness (QED) is 0.784. The number of hydrogen-bond donors (Lipinski definition) is 2. The third-order valence-electron chi connectivity index (χ3n) is 4.73. The zero-order chi connectivity index (χ0) is 18.6. The van der Waals surface area contributed by atoms with Crippen LogP contribution in [0.2, 0.25) is 0 Å². The Hall–Kier alpha value is -2.18. The molecule has 0 bridgehead atoms. The molecule has 0 aliphatic heterocycles. The van der Waals surface area contributed by atoms with Gasteiger partial charge in [0, 0.05) is 51.5 Å². The van der Waals surface area contributed by atoms with Gasteiger partial charge in [-0.3, -0.25) is 9.36 Å². The monoisotopic (exact) mass is 345 g/mol. The number of nitrogens with zero attached hydrogens (tertiary/aromatic N) is 2. The summed E-state index contributed by atoms with van der Waals surface area (Å²) in [6.45, 7) is 5.10. The van der Waals surface area contributed by atoms with Crippen LogP contribution in [0.3, 0.4) is 0 Å². The Balaban J connectivity index is 2.18. The predicted molar refractivity (Wildman–Crippen MR) is 98.7 cm³/mol. The Morgan fingerprint density at radius 2 is 1.80 bits per heavy atom. The second-order valence-corrected chi connectivity index (χ2v) is 7.15. The zero-order valence-electron chi connectivity index (χ0n) is 15.3. The molecule has 2 aromatic rings. The molecule has 2 N–H and O–H groups in total. The maximum atomic E-state index is 12.2. The van der Waals surface area contributed by atoms with Crippen LogP contribution >= 0.6 is 0 Å². The van der Waals surface area contributed by atoms with E-state index in [2.05, 4.69) is 17.4 Å². The van der Waals surface area contributed by atoms with E-state index in [0.29, 0.717) is 18.7 Å². The fourth-order valence-corrected chi connectivity index (χ4v) is 3.00. The Kier molecular flexibility index (Phi) is 5.98. The molecule has 0 saturated carbocycles. The van der Waals surface area contributed by atoms with Gasteiger partial charge in [0.25, 0.3) is 5.56 Å². The molecule has 2 rings (SSSR count). The van der Waals surface area contributed by atoms with Crippen molar-refractivity contribution < 1.29 is 5.11 Å². The minimum absolute atomic E-state index is 0.0653. The van der Waals surface area contributed by atoms with Crippen LogP contribution in [0.1, 0.15) is 30.9 Å². The molecule has 25 heavy (non-hydrogen) atoms. The van der Waals surface area contributed by atoms with Crippen molar-refractivity contribution in [1.29, 1.82) is 0 Å². The van der Waals surface area contributed by atoms with Crippen LogP contribution in [0.4, 0.5) is 0 Å². The fourth-order valence-electron chi connectivity index (χ4n) is 3.00. The van der Waals surface area contributed by atoms with Gasteiger partial charge in [0.15, 0.2) is 0 Å². The summed E-state index contributed by atoms with van der Waals surface area (Å²) in [4.78, 5) is 24.0.